The number of cyclic esters (lactones) is 1. The van der Waals surface area contributed by atoms with E-state index in [0.717, 1.165) is 19.6 Å². The van der Waals surface area contributed by atoms with Crippen LogP contribution in [0, 0.1) is 11.8 Å². The molecule has 1 N–H and O–H groups in total. The lowest BCUT2D eigenvalue weighted by Gasteiger charge is -2.36. The number of ether oxygens (including phenoxy) is 2. The Bertz CT molecular complexity index is 875. The molecule has 5 heterocycles. The van der Waals surface area contributed by atoms with Gasteiger partial charge in [0.15, 0.2) is 0 Å². The van der Waals surface area contributed by atoms with E-state index in [1.54, 1.807) is 16.7 Å². The van der Waals surface area contributed by atoms with Crippen LogP contribution in [0.1, 0.15) is 12.8 Å². The topological polar surface area (TPSA) is 99.6 Å². The van der Waals surface area contributed by atoms with Crippen molar-refractivity contribution in [2.45, 2.75) is 28.9 Å². The summed E-state index contributed by atoms with van der Waals surface area (Å²) in [5, 5.41) is 9.08. The number of hydrogen-bond acceptors (Lipinski definition) is 8. The third-order valence-corrected chi connectivity index (χ3v) is 9.34. The molecule has 5 rings (SSSR count). The average molecular weight is 492 g/mol. The largest absolute Gasteiger partial charge is 0.461 e. The molecule has 2 amide bonds. The van der Waals surface area contributed by atoms with E-state index in [2.05, 4.69) is 4.90 Å². The zero-order valence-electron chi connectivity index (χ0n) is 19.3. The van der Waals surface area contributed by atoms with E-state index >= 15 is 0 Å². The van der Waals surface area contributed by atoms with E-state index in [4.69, 9.17) is 9.47 Å². The predicted octanol–water partition coefficient (Wildman–Crippen LogP) is -0.100. The molecule has 3 saturated heterocycles. The van der Waals surface area contributed by atoms with Crippen LogP contribution in [-0.4, -0.2) is 119 Å². The van der Waals surface area contributed by atoms with Crippen molar-refractivity contribution in [2.75, 3.05) is 65.7 Å². The minimum Gasteiger partial charge on any atom is -0.461 e. The van der Waals surface area contributed by atoms with Crippen molar-refractivity contribution in [1.82, 2.24) is 14.7 Å². The summed E-state index contributed by atoms with van der Waals surface area (Å²) in [7, 11) is 0. The molecule has 5 aliphatic heterocycles. The number of aliphatic hydroxyl groups excluding tert-OH is 1. The summed E-state index contributed by atoms with van der Waals surface area (Å²) in [5.74, 6) is -1.79. The molecular weight excluding hydrogens is 458 g/mol. The van der Waals surface area contributed by atoms with Crippen LogP contribution in [0.4, 0.5) is 0 Å². The molecule has 0 aromatic heterocycles. The molecule has 34 heavy (non-hydrogen) atoms. The summed E-state index contributed by atoms with van der Waals surface area (Å²) in [6, 6.07) is -0.662. The fraction of sp³-hybridized carbons (Fsp3) is 0.708. The van der Waals surface area contributed by atoms with Gasteiger partial charge in [-0.3, -0.25) is 19.3 Å². The van der Waals surface area contributed by atoms with Gasteiger partial charge in [-0.15, -0.1) is 11.8 Å². The van der Waals surface area contributed by atoms with Crippen LogP contribution in [0.15, 0.2) is 24.3 Å². The Kier molecular flexibility index (Phi) is 7.02. The summed E-state index contributed by atoms with van der Waals surface area (Å²) in [6.45, 7) is 5.60. The fourth-order valence-corrected chi connectivity index (χ4v) is 7.94. The third-order valence-electron chi connectivity index (χ3n) is 7.59. The van der Waals surface area contributed by atoms with Gasteiger partial charge in [0.25, 0.3) is 0 Å². The number of hydrogen-bond donors (Lipinski definition) is 1. The number of aliphatic hydroxyl groups is 1. The van der Waals surface area contributed by atoms with Crippen LogP contribution in [0.2, 0.25) is 0 Å². The van der Waals surface area contributed by atoms with Crippen LogP contribution in [0.5, 0.6) is 0 Å². The Hall–Kier alpha value is -1.88. The molecule has 0 radical (unpaired) electrons. The van der Waals surface area contributed by atoms with Crippen molar-refractivity contribution in [3.8, 4) is 0 Å². The molecule has 1 spiro atoms. The summed E-state index contributed by atoms with van der Waals surface area (Å²) in [4.78, 5) is 46.6. The van der Waals surface area contributed by atoms with Gasteiger partial charge in [0, 0.05) is 51.1 Å². The van der Waals surface area contributed by atoms with Gasteiger partial charge in [-0.05, 0) is 12.8 Å². The minimum atomic E-state index is -0.795. The maximum absolute atomic E-state index is 14.0. The van der Waals surface area contributed by atoms with Crippen molar-refractivity contribution in [3.05, 3.63) is 24.3 Å². The maximum atomic E-state index is 14.0. The molecule has 5 aliphatic rings. The van der Waals surface area contributed by atoms with E-state index in [9.17, 15) is 19.5 Å². The molecule has 0 aliphatic carbocycles. The molecule has 10 heteroatoms. The van der Waals surface area contributed by atoms with Crippen LogP contribution in [0.25, 0.3) is 0 Å². The summed E-state index contributed by atoms with van der Waals surface area (Å²) in [5.41, 5.74) is 0. The van der Waals surface area contributed by atoms with Gasteiger partial charge in [-0.1, -0.05) is 24.3 Å². The molecule has 186 valence electrons. The number of carbonyl (C=O) groups excluding carboxylic acids is 3. The van der Waals surface area contributed by atoms with Crippen molar-refractivity contribution in [2.24, 2.45) is 11.8 Å². The standard InChI is InChI=1S/C24H33N3O6S/c28-13-2-1-8-27-20-22(30)26(10-9-25-11-15-32-16-12-25)7-4-6-24(20)19(21(27)29)18-17(34-24)5-3-14-33-23(18)31/h3-6,17-20,28H,1-2,7-16H2/t17-,18+,19+,20?,24+/m1/s1. The number of nitrogens with zero attached hydrogens (tertiary/aromatic N) is 3. The molecular formula is C24H33N3O6S. The van der Waals surface area contributed by atoms with Gasteiger partial charge in [0.05, 0.1) is 29.8 Å². The number of likely N-dealkylation sites (tertiary alicyclic amines) is 1. The lowest BCUT2D eigenvalue weighted by Crippen LogP contribution is -2.54. The van der Waals surface area contributed by atoms with Gasteiger partial charge in [0.2, 0.25) is 11.8 Å². The van der Waals surface area contributed by atoms with Gasteiger partial charge in [0.1, 0.15) is 12.6 Å². The van der Waals surface area contributed by atoms with Crippen molar-refractivity contribution >= 4 is 29.5 Å². The molecule has 5 atom stereocenters. The number of amides is 2. The second-order valence-electron chi connectivity index (χ2n) is 9.50. The zero-order chi connectivity index (χ0) is 23.7. The Balaban J connectivity index is 1.44. The Labute approximate surface area is 204 Å². The van der Waals surface area contributed by atoms with E-state index in [1.807, 2.05) is 29.2 Å². The first-order valence-corrected chi connectivity index (χ1v) is 13.1. The van der Waals surface area contributed by atoms with E-state index in [0.29, 0.717) is 45.7 Å². The van der Waals surface area contributed by atoms with Crippen LogP contribution >= 0.6 is 11.8 Å². The lowest BCUT2D eigenvalue weighted by molar-refractivity contribution is -0.151. The van der Waals surface area contributed by atoms with Crippen LogP contribution in [-0.2, 0) is 23.9 Å². The highest BCUT2D eigenvalue weighted by molar-refractivity contribution is 8.02. The molecule has 0 bridgehead atoms. The van der Waals surface area contributed by atoms with E-state index < -0.39 is 22.6 Å². The quantitative estimate of drug-likeness (QED) is 0.300. The first-order valence-electron chi connectivity index (χ1n) is 12.3. The molecule has 0 aromatic carbocycles. The summed E-state index contributed by atoms with van der Waals surface area (Å²) >= 11 is 1.56. The molecule has 3 fully saturated rings. The number of rotatable bonds is 7. The second-order valence-corrected chi connectivity index (χ2v) is 11.0. The highest BCUT2D eigenvalue weighted by Crippen LogP contribution is 2.60. The Morgan fingerprint density at radius 3 is 2.68 bits per heavy atom. The van der Waals surface area contributed by atoms with Gasteiger partial charge >= 0.3 is 5.97 Å². The van der Waals surface area contributed by atoms with Crippen LogP contribution < -0.4 is 0 Å². The third kappa shape index (κ3) is 4.08. The van der Waals surface area contributed by atoms with Gasteiger partial charge in [-0.2, -0.15) is 0 Å². The van der Waals surface area contributed by atoms with Crippen molar-refractivity contribution in [1.29, 1.82) is 0 Å². The molecule has 0 aromatic rings. The van der Waals surface area contributed by atoms with Crippen molar-refractivity contribution < 1.29 is 29.0 Å². The minimum absolute atomic E-state index is 0.0390. The first-order chi connectivity index (χ1) is 16.6. The number of morpholine rings is 1. The van der Waals surface area contributed by atoms with Gasteiger partial charge in [-0.25, -0.2) is 0 Å². The fourth-order valence-electron chi connectivity index (χ4n) is 5.94. The smallest absolute Gasteiger partial charge is 0.311 e. The van der Waals surface area contributed by atoms with Crippen LogP contribution in [0.3, 0.4) is 0 Å². The predicted molar refractivity (Wildman–Crippen MR) is 126 cm³/mol. The SMILES string of the molecule is O=C1OCC=C[C@H]2S[C@]34C=CCN(CCN5CCOCC5)C(=O)C3N(CCCCO)C(=O)[C@@H]4[C@@H]12. The molecule has 9 nitrogen and oxygen atoms in total. The maximum Gasteiger partial charge on any atom is 0.311 e. The van der Waals surface area contributed by atoms with Gasteiger partial charge < -0.3 is 24.4 Å². The monoisotopic (exact) mass is 491 g/mol. The average Bonchev–Trinajstić information content (AvgIpc) is 3.14. The highest BCUT2D eigenvalue weighted by atomic mass is 32.2. The number of carbonyl (C=O) groups is 3. The number of fused-ring (bicyclic) bond motifs is 2. The summed E-state index contributed by atoms with van der Waals surface area (Å²) in [6.07, 6.45) is 9.00. The lowest BCUT2D eigenvalue weighted by atomic mass is 9.78. The Morgan fingerprint density at radius 2 is 1.88 bits per heavy atom. The second kappa shape index (κ2) is 10.0. The zero-order valence-corrected chi connectivity index (χ0v) is 20.2. The number of esters is 1. The number of thioether (sulfide) groups is 1. The molecule has 0 saturated carbocycles. The summed E-state index contributed by atoms with van der Waals surface area (Å²) < 4.78 is 10.0. The van der Waals surface area contributed by atoms with E-state index in [-0.39, 0.29) is 36.2 Å². The normalized spacial score (nSPS) is 35.6. The molecule has 1 unspecified atom stereocenters. The van der Waals surface area contributed by atoms with E-state index in [1.165, 1.54) is 0 Å². The number of unbranched alkanes of at least 4 members (excludes halogenated alkanes) is 1. The highest BCUT2D eigenvalue weighted by Gasteiger charge is 2.70. The first kappa shape index (κ1) is 23.8. The van der Waals surface area contributed by atoms with Crippen molar-refractivity contribution in [3.63, 3.8) is 0 Å². The Morgan fingerprint density at radius 1 is 1.06 bits per heavy atom.